The first-order valence-corrected chi connectivity index (χ1v) is 13.7. The molecule has 0 heterocycles. The van der Waals surface area contributed by atoms with Gasteiger partial charge in [-0.3, -0.25) is 0 Å². The topological polar surface area (TPSA) is 72.2 Å². The molecule has 0 saturated carbocycles. The summed E-state index contributed by atoms with van der Waals surface area (Å²) in [6.45, 7) is 6.54. The Morgan fingerprint density at radius 1 is 0.730 bits per heavy atom. The summed E-state index contributed by atoms with van der Waals surface area (Å²) in [4.78, 5) is -1.42. The Bertz CT molecular complexity index is 1320. The average Bonchev–Trinajstić information content (AvgIpc) is 2.90. The predicted molar refractivity (Wildman–Crippen MR) is 149 cm³/mol. The van der Waals surface area contributed by atoms with E-state index < -0.39 is 21.1 Å². The number of halogens is 1. The van der Waals surface area contributed by atoms with E-state index in [9.17, 15) is 8.42 Å². The Hall–Kier alpha value is -2.34. The molecule has 4 aromatic carbocycles. The third-order valence-electron chi connectivity index (χ3n) is 5.86. The molecule has 2 atom stereocenters. The van der Waals surface area contributed by atoms with Crippen molar-refractivity contribution in [2.24, 2.45) is 5.73 Å². The van der Waals surface area contributed by atoms with Crippen LogP contribution in [0.3, 0.4) is 0 Å². The molecule has 0 aromatic heterocycles. The maximum atomic E-state index is 12.9. The van der Waals surface area contributed by atoms with E-state index in [0.717, 1.165) is 5.56 Å². The summed E-state index contributed by atoms with van der Waals surface area (Å²) in [5, 5.41) is 0. The van der Waals surface area contributed by atoms with E-state index in [1.807, 2.05) is 36.4 Å². The Kier molecular flexibility index (Phi) is 11.7. The van der Waals surface area contributed by atoms with Gasteiger partial charge in [0.05, 0.1) is 10.9 Å². The van der Waals surface area contributed by atoms with Crippen molar-refractivity contribution in [2.75, 3.05) is 0 Å². The quantitative estimate of drug-likeness (QED) is 0.134. The summed E-state index contributed by atoms with van der Waals surface area (Å²) < 4.78 is 28.4. The zero-order valence-corrected chi connectivity index (χ0v) is 24.5. The van der Waals surface area contributed by atoms with Gasteiger partial charge in [0.15, 0.2) is 5.00 Å². The van der Waals surface area contributed by atoms with Crippen molar-refractivity contribution in [3.05, 3.63) is 138 Å². The molecule has 0 saturated heterocycles. The van der Waals surface area contributed by atoms with Gasteiger partial charge >= 0.3 is 0 Å². The molecule has 0 amide bonds. The van der Waals surface area contributed by atoms with Gasteiger partial charge in [-0.25, -0.2) is 8.42 Å². The molecular weight excluding hydrogens is 589 g/mol. The van der Waals surface area contributed by atoms with Crippen LogP contribution in [0.15, 0.2) is 120 Å². The Morgan fingerprint density at radius 3 is 1.68 bits per heavy atom. The molecule has 4 aromatic rings. The molecule has 37 heavy (non-hydrogen) atoms. The smallest absolute Gasteiger partial charge is 0.242 e. The Balaban J connectivity index is 0.000000369. The van der Waals surface area contributed by atoms with Crippen molar-refractivity contribution in [3.63, 3.8) is 0 Å². The van der Waals surface area contributed by atoms with Crippen molar-refractivity contribution in [1.82, 2.24) is 4.72 Å². The number of benzene rings is 4. The monoisotopic (exact) mass is 622 g/mol. The first-order valence-electron chi connectivity index (χ1n) is 11.8. The minimum absolute atomic E-state index is 0. The van der Waals surface area contributed by atoms with Crippen LogP contribution in [0.1, 0.15) is 48.1 Å². The van der Waals surface area contributed by atoms with Gasteiger partial charge in [0, 0.05) is 19.5 Å². The fraction of sp³-hybridized carbons (Fsp3) is 0.200. The first-order chi connectivity index (χ1) is 17.1. The van der Waals surface area contributed by atoms with Gasteiger partial charge in [-0.15, -0.1) is 0 Å². The predicted octanol–water partition coefficient (Wildman–Crippen LogP) is 6.87. The van der Waals surface area contributed by atoms with Crippen molar-refractivity contribution in [3.8, 4) is 0 Å². The van der Waals surface area contributed by atoms with Crippen LogP contribution in [0, 0.1) is 6.92 Å². The molecule has 0 spiro atoms. The molecule has 7 heteroatoms. The van der Waals surface area contributed by atoms with Crippen LogP contribution in [0.2, 0.25) is 0 Å². The second-order valence-corrected chi connectivity index (χ2v) is 11.2. The number of aryl methyl sites for hydroxylation is 1. The van der Waals surface area contributed by atoms with Crippen LogP contribution in [0.25, 0.3) is 0 Å². The summed E-state index contributed by atoms with van der Waals surface area (Å²) in [5.74, 6) is 0.653. The molecule has 4 rings (SSSR count). The van der Waals surface area contributed by atoms with Gasteiger partial charge in [-0.05, 0) is 41.7 Å². The number of nitrogens with two attached hydrogens (primary N) is 1. The van der Waals surface area contributed by atoms with Gasteiger partial charge in [0.1, 0.15) is 0 Å². The first kappa shape index (κ1) is 30.9. The zero-order valence-electron chi connectivity index (χ0n) is 21.2. The van der Waals surface area contributed by atoms with Gasteiger partial charge in [0.25, 0.3) is 0 Å². The normalized spacial score (nSPS) is 13.5. The van der Waals surface area contributed by atoms with Crippen LogP contribution in [-0.2, 0) is 34.5 Å². The zero-order chi connectivity index (χ0) is 26.2. The van der Waals surface area contributed by atoms with E-state index in [2.05, 4.69) is 49.8 Å². The fourth-order valence-electron chi connectivity index (χ4n) is 3.68. The molecule has 0 unspecified atom stereocenters. The summed E-state index contributed by atoms with van der Waals surface area (Å²) in [5.41, 5.74) is 10.5. The SMILES string of the molecule is Cc1ccc(C(C)C)cc1.N[C@@H](c1ccccc1)[C@@](Cl)(NS(=O)(=O)c1ccccc1)c1ccccc1.[Ru]. The van der Waals surface area contributed by atoms with Crippen molar-refractivity contribution in [2.45, 2.75) is 42.6 Å². The summed E-state index contributed by atoms with van der Waals surface area (Å²) in [6, 6.07) is 34.1. The van der Waals surface area contributed by atoms with Crippen LogP contribution in [0.4, 0.5) is 0 Å². The minimum atomic E-state index is -3.88. The Labute approximate surface area is 239 Å². The van der Waals surface area contributed by atoms with E-state index in [1.165, 1.54) is 23.3 Å². The van der Waals surface area contributed by atoms with Crippen molar-refractivity contribution >= 4 is 21.6 Å². The fourth-order valence-corrected chi connectivity index (χ4v) is 5.50. The molecule has 0 aliphatic rings. The van der Waals surface area contributed by atoms with Gasteiger partial charge in [0.2, 0.25) is 10.0 Å². The van der Waals surface area contributed by atoms with Gasteiger partial charge in [-0.2, -0.15) is 4.72 Å². The van der Waals surface area contributed by atoms with Crippen molar-refractivity contribution < 1.29 is 27.9 Å². The third-order valence-corrected chi connectivity index (χ3v) is 8.00. The van der Waals surface area contributed by atoms with Crippen molar-refractivity contribution in [1.29, 1.82) is 0 Å². The summed E-state index contributed by atoms with van der Waals surface area (Å²) in [7, 11) is -3.88. The molecule has 196 valence electrons. The van der Waals surface area contributed by atoms with Crippen LogP contribution in [0.5, 0.6) is 0 Å². The number of sulfonamides is 1. The van der Waals surface area contributed by atoms with E-state index in [1.54, 1.807) is 42.5 Å². The number of hydrogen-bond donors (Lipinski definition) is 2. The molecule has 0 fully saturated rings. The van der Waals surface area contributed by atoms with Crippen LogP contribution in [-0.4, -0.2) is 8.42 Å². The molecule has 0 aliphatic carbocycles. The molecule has 4 nitrogen and oxygen atoms in total. The average molecular weight is 622 g/mol. The van der Waals surface area contributed by atoms with E-state index >= 15 is 0 Å². The van der Waals surface area contributed by atoms with Gasteiger partial charge in [-0.1, -0.05) is 134 Å². The van der Waals surface area contributed by atoms with Crippen LogP contribution >= 0.6 is 11.6 Å². The largest absolute Gasteiger partial charge is 0.321 e. The molecule has 3 N–H and O–H groups in total. The standard InChI is InChI=1S/C20H19ClN2O2S.C10H14.Ru/c21-20(17-12-6-2-7-13-17,19(22)16-10-4-1-5-11-16)23-26(24,25)18-14-8-3-9-15-18;1-8(2)10-6-4-9(3)5-7-10;/h1-15,19,23H,22H2;4-8H,1-3H3;/t19-,20-;;/m0../s1. The molecular formula is C30H33ClN2O2RuS. The van der Waals surface area contributed by atoms with Gasteiger partial charge < -0.3 is 5.73 Å². The number of hydrogen-bond acceptors (Lipinski definition) is 3. The minimum Gasteiger partial charge on any atom is -0.321 e. The molecule has 0 aliphatic heterocycles. The summed E-state index contributed by atoms with van der Waals surface area (Å²) >= 11 is 6.87. The second kappa shape index (κ2) is 14.0. The maximum Gasteiger partial charge on any atom is 0.242 e. The molecule has 0 radical (unpaired) electrons. The third kappa shape index (κ3) is 8.33. The second-order valence-electron chi connectivity index (χ2n) is 8.95. The van der Waals surface area contributed by atoms with Crippen LogP contribution < -0.4 is 10.5 Å². The molecule has 0 bridgehead atoms. The summed E-state index contributed by atoms with van der Waals surface area (Å²) in [6.07, 6.45) is 0. The van der Waals surface area contributed by atoms with E-state index in [-0.39, 0.29) is 24.4 Å². The van der Waals surface area contributed by atoms with E-state index in [0.29, 0.717) is 11.5 Å². The number of alkyl halides is 1. The maximum absolute atomic E-state index is 12.9. The number of nitrogens with one attached hydrogen (secondary N) is 1. The Morgan fingerprint density at radius 2 is 1.19 bits per heavy atom. The number of rotatable bonds is 7. The van der Waals surface area contributed by atoms with E-state index in [4.69, 9.17) is 17.3 Å².